The van der Waals surface area contributed by atoms with Gasteiger partial charge in [-0.15, -0.1) is 0 Å². The molecule has 0 aromatic carbocycles. The van der Waals surface area contributed by atoms with E-state index in [-0.39, 0.29) is 18.6 Å². The molecule has 108 valence electrons. The van der Waals surface area contributed by atoms with E-state index in [9.17, 15) is 4.79 Å². The van der Waals surface area contributed by atoms with Gasteiger partial charge in [-0.1, -0.05) is 11.8 Å². The molecule has 5 nitrogen and oxygen atoms in total. The number of nitrogens with one attached hydrogen (secondary N) is 1. The van der Waals surface area contributed by atoms with Gasteiger partial charge in [0.25, 0.3) is 5.91 Å². The Morgan fingerprint density at radius 3 is 3.05 bits per heavy atom. The summed E-state index contributed by atoms with van der Waals surface area (Å²) in [6.45, 7) is 2.55. The van der Waals surface area contributed by atoms with Crippen molar-refractivity contribution < 1.29 is 14.6 Å². The van der Waals surface area contributed by atoms with Gasteiger partial charge in [0.1, 0.15) is 0 Å². The highest BCUT2D eigenvalue weighted by atomic mass is 16.5. The number of aliphatic hydroxyl groups is 1. The maximum Gasteiger partial charge on any atom is 0.253 e. The van der Waals surface area contributed by atoms with E-state index >= 15 is 0 Å². The molecule has 2 N–H and O–H groups in total. The topological polar surface area (TPSA) is 71.5 Å². The van der Waals surface area contributed by atoms with Crippen LogP contribution in [0.4, 0.5) is 0 Å². The van der Waals surface area contributed by atoms with Crippen LogP contribution in [0.2, 0.25) is 0 Å². The van der Waals surface area contributed by atoms with Crippen LogP contribution in [0.15, 0.2) is 18.5 Å². The number of nitrogens with zero attached hydrogens (tertiary/aromatic N) is 1. The molecule has 20 heavy (non-hydrogen) atoms. The van der Waals surface area contributed by atoms with E-state index in [1.54, 1.807) is 19.4 Å². The number of hydrogen-bond acceptors (Lipinski definition) is 4. The van der Waals surface area contributed by atoms with E-state index in [2.05, 4.69) is 22.1 Å². The zero-order chi connectivity index (χ0) is 14.8. The van der Waals surface area contributed by atoms with Crippen LogP contribution in [-0.2, 0) is 4.74 Å². The first-order valence-corrected chi connectivity index (χ1v) is 6.52. The van der Waals surface area contributed by atoms with Crippen LogP contribution in [-0.4, -0.2) is 42.4 Å². The number of aromatic nitrogens is 1. The summed E-state index contributed by atoms with van der Waals surface area (Å²) in [6.07, 6.45) is 4.27. The molecule has 1 aromatic rings. The van der Waals surface area contributed by atoms with Gasteiger partial charge >= 0.3 is 0 Å². The lowest BCUT2D eigenvalue weighted by Gasteiger charge is -2.13. The minimum absolute atomic E-state index is 0.0254. The van der Waals surface area contributed by atoms with Crippen LogP contribution in [0.25, 0.3) is 0 Å². The Morgan fingerprint density at radius 2 is 2.35 bits per heavy atom. The molecule has 0 fully saturated rings. The van der Waals surface area contributed by atoms with Crippen LogP contribution >= 0.6 is 0 Å². The summed E-state index contributed by atoms with van der Waals surface area (Å²) in [5.41, 5.74) is 1.14. The van der Waals surface area contributed by atoms with Crippen molar-refractivity contribution in [1.29, 1.82) is 0 Å². The molecule has 0 saturated heterocycles. The molecule has 1 rings (SSSR count). The Hall–Kier alpha value is -1.90. The minimum Gasteiger partial charge on any atom is -0.395 e. The molecule has 0 saturated carbocycles. The average Bonchev–Trinajstić information content (AvgIpc) is 2.45. The molecule has 1 aromatic heterocycles. The fourth-order valence-electron chi connectivity index (χ4n) is 1.53. The Kier molecular flexibility index (Phi) is 7.33. The van der Waals surface area contributed by atoms with E-state index in [0.717, 1.165) is 6.42 Å². The summed E-state index contributed by atoms with van der Waals surface area (Å²) < 4.78 is 4.97. The molecule has 5 heteroatoms. The normalized spacial score (nSPS) is 11.3. The van der Waals surface area contributed by atoms with Gasteiger partial charge in [-0.25, -0.2) is 0 Å². The molecule has 0 bridgehead atoms. The molecular weight excluding hydrogens is 256 g/mol. The number of carbonyl (C=O) groups excluding carboxylic acids is 1. The third-order valence-corrected chi connectivity index (χ3v) is 2.60. The van der Waals surface area contributed by atoms with Gasteiger partial charge in [0.15, 0.2) is 0 Å². The fraction of sp³-hybridized carbons (Fsp3) is 0.467. The number of pyridine rings is 1. The summed E-state index contributed by atoms with van der Waals surface area (Å²) in [5, 5.41) is 11.5. The zero-order valence-electron chi connectivity index (χ0n) is 11.8. The van der Waals surface area contributed by atoms with Crippen LogP contribution < -0.4 is 5.32 Å². The van der Waals surface area contributed by atoms with E-state index in [1.807, 2.05) is 6.92 Å². The number of amides is 1. The largest absolute Gasteiger partial charge is 0.395 e. The van der Waals surface area contributed by atoms with Gasteiger partial charge in [-0.05, 0) is 19.4 Å². The summed E-state index contributed by atoms with van der Waals surface area (Å²) in [7, 11) is 1.63. The lowest BCUT2D eigenvalue weighted by atomic mass is 10.1. The third kappa shape index (κ3) is 5.83. The van der Waals surface area contributed by atoms with Gasteiger partial charge in [-0.2, -0.15) is 0 Å². The zero-order valence-corrected chi connectivity index (χ0v) is 11.8. The first-order chi connectivity index (χ1) is 9.67. The molecule has 1 heterocycles. The maximum atomic E-state index is 12.0. The highest BCUT2D eigenvalue weighted by Crippen LogP contribution is 2.03. The summed E-state index contributed by atoms with van der Waals surface area (Å²) >= 11 is 0. The van der Waals surface area contributed by atoms with Crippen molar-refractivity contribution >= 4 is 5.91 Å². The number of carbonyl (C=O) groups is 1. The number of rotatable bonds is 6. The Bertz CT molecular complexity index is 491. The van der Waals surface area contributed by atoms with Crippen molar-refractivity contribution in [1.82, 2.24) is 10.3 Å². The van der Waals surface area contributed by atoms with E-state index in [4.69, 9.17) is 9.84 Å². The summed E-state index contributed by atoms with van der Waals surface area (Å²) in [5.74, 6) is 5.48. The molecule has 0 spiro atoms. The first-order valence-electron chi connectivity index (χ1n) is 6.52. The predicted molar refractivity (Wildman–Crippen MR) is 76.2 cm³/mol. The summed E-state index contributed by atoms with van der Waals surface area (Å²) in [4.78, 5) is 16.0. The van der Waals surface area contributed by atoms with Gasteiger partial charge < -0.3 is 15.2 Å². The number of aliphatic hydroxyl groups excluding tert-OH is 1. The molecule has 0 aliphatic heterocycles. The van der Waals surface area contributed by atoms with E-state index in [1.165, 1.54) is 6.20 Å². The van der Waals surface area contributed by atoms with Crippen molar-refractivity contribution in [2.75, 3.05) is 20.3 Å². The van der Waals surface area contributed by atoms with Gasteiger partial charge in [0, 0.05) is 44.1 Å². The fourth-order valence-corrected chi connectivity index (χ4v) is 1.53. The van der Waals surface area contributed by atoms with Crippen molar-refractivity contribution in [3.63, 3.8) is 0 Å². The molecule has 1 amide bonds. The average molecular weight is 276 g/mol. The summed E-state index contributed by atoms with van der Waals surface area (Å²) in [6, 6.07) is 1.72. The highest BCUT2D eigenvalue weighted by molar-refractivity contribution is 5.94. The molecule has 0 radical (unpaired) electrons. The monoisotopic (exact) mass is 276 g/mol. The van der Waals surface area contributed by atoms with E-state index in [0.29, 0.717) is 24.2 Å². The second-order valence-electron chi connectivity index (χ2n) is 4.39. The van der Waals surface area contributed by atoms with Crippen LogP contribution in [0.1, 0.15) is 35.7 Å². The second kappa shape index (κ2) is 9.08. The number of hydrogen-bond donors (Lipinski definition) is 2. The smallest absolute Gasteiger partial charge is 0.253 e. The highest BCUT2D eigenvalue weighted by Gasteiger charge is 2.10. The predicted octanol–water partition coefficient (Wildman–Crippen LogP) is 0.970. The number of methoxy groups -OCH3 is 1. The molecular formula is C15H20N2O3. The SMILES string of the molecule is COCCC(C)NC(=O)c1cncc(C#CCCO)c1. The van der Waals surface area contributed by atoms with Crippen molar-refractivity contribution in [3.8, 4) is 11.8 Å². The minimum atomic E-state index is -0.174. The van der Waals surface area contributed by atoms with Crippen LogP contribution in [0.5, 0.6) is 0 Å². The van der Waals surface area contributed by atoms with Crippen molar-refractivity contribution in [2.45, 2.75) is 25.8 Å². The Labute approximate surface area is 119 Å². The van der Waals surface area contributed by atoms with Crippen LogP contribution in [0, 0.1) is 11.8 Å². The van der Waals surface area contributed by atoms with Crippen molar-refractivity contribution in [3.05, 3.63) is 29.6 Å². The van der Waals surface area contributed by atoms with Gasteiger partial charge in [0.05, 0.1) is 12.2 Å². The van der Waals surface area contributed by atoms with E-state index < -0.39 is 0 Å². The molecule has 0 aliphatic rings. The van der Waals surface area contributed by atoms with Crippen molar-refractivity contribution in [2.24, 2.45) is 0 Å². The lowest BCUT2D eigenvalue weighted by Crippen LogP contribution is -2.33. The Balaban J connectivity index is 2.64. The number of ether oxygens (including phenoxy) is 1. The third-order valence-electron chi connectivity index (χ3n) is 2.60. The lowest BCUT2D eigenvalue weighted by molar-refractivity contribution is 0.0929. The van der Waals surface area contributed by atoms with Gasteiger partial charge in [-0.3, -0.25) is 9.78 Å². The Morgan fingerprint density at radius 1 is 1.55 bits per heavy atom. The van der Waals surface area contributed by atoms with Gasteiger partial charge in [0.2, 0.25) is 0 Å². The maximum absolute atomic E-state index is 12.0. The molecule has 1 atom stereocenters. The molecule has 0 aliphatic carbocycles. The second-order valence-corrected chi connectivity index (χ2v) is 4.39. The standard InChI is InChI=1S/C15H20N2O3/c1-12(6-8-20-2)17-15(19)14-9-13(10-16-11-14)5-3-4-7-18/h9-12,18H,4,6-8H2,1-2H3,(H,17,19). The molecule has 1 unspecified atom stereocenters. The first kappa shape index (κ1) is 16.2. The quantitative estimate of drug-likeness (QED) is 0.760. The van der Waals surface area contributed by atoms with Crippen LogP contribution in [0.3, 0.4) is 0 Å².